The van der Waals surface area contributed by atoms with Crippen LogP contribution in [0.3, 0.4) is 0 Å². The number of nitrogens with two attached hydrogens (primary N) is 1. The Hall–Kier alpha value is -2.20. The van der Waals surface area contributed by atoms with Gasteiger partial charge in [-0.05, 0) is 25.3 Å². The molecule has 0 amide bonds. The molecule has 3 aromatic heterocycles. The van der Waals surface area contributed by atoms with Crippen molar-refractivity contribution in [1.82, 2.24) is 29.7 Å². The van der Waals surface area contributed by atoms with E-state index in [1.807, 2.05) is 37.4 Å². The highest BCUT2D eigenvalue weighted by atomic mass is 32.2. The third kappa shape index (κ3) is 3.74. The normalized spacial score (nSPS) is 12.3. The van der Waals surface area contributed by atoms with Crippen molar-refractivity contribution in [2.75, 3.05) is 24.7 Å². The summed E-state index contributed by atoms with van der Waals surface area (Å²) in [5.41, 5.74) is 5.82. The van der Waals surface area contributed by atoms with Crippen LogP contribution in [0.15, 0.2) is 22.7 Å². The second kappa shape index (κ2) is 7.36. The van der Waals surface area contributed by atoms with Crippen molar-refractivity contribution in [2.24, 2.45) is 0 Å². The largest absolute Gasteiger partial charge is 0.368 e. The molecule has 3 rings (SSSR count). The fourth-order valence-electron chi connectivity index (χ4n) is 2.24. The van der Waals surface area contributed by atoms with E-state index in [1.54, 1.807) is 23.1 Å². The first-order valence-electron chi connectivity index (χ1n) is 7.82. The van der Waals surface area contributed by atoms with Crippen molar-refractivity contribution in [1.29, 1.82) is 0 Å². The lowest BCUT2D eigenvalue weighted by Gasteiger charge is -2.14. The minimum absolute atomic E-state index is 0.0327. The molecular formula is C15H20N8S2. The summed E-state index contributed by atoms with van der Waals surface area (Å²) in [6.07, 6.45) is 0. The summed E-state index contributed by atoms with van der Waals surface area (Å²) < 4.78 is 2.10. The zero-order valence-electron chi connectivity index (χ0n) is 14.5. The Labute approximate surface area is 154 Å². The minimum Gasteiger partial charge on any atom is -0.368 e. The molecular weight excluding hydrogens is 356 g/mol. The molecule has 0 aromatic carbocycles. The van der Waals surface area contributed by atoms with Crippen molar-refractivity contribution in [3.63, 3.8) is 0 Å². The molecule has 3 aromatic rings. The number of thiophene rings is 1. The molecule has 0 radical (unpaired) electrons. The predicted octanol–water partition coefficient (Wildman–Crippen LogP) is 2.71. The lowest BCUT2D eigenvalue weighted by Crippen LogP contribution is -2.16. The van der Waals surface area contributed by atoms with Gasteiger partial charge in [-0.1, -0.05) is 17.8 Å². The highest BCUT2D eigenvalue weighted by Gasteiger charge is 2.20. The van der Waals surface area contributed by atoms with Crippen LogP contribution in [-0.2, 0) is 6.54 Å². The van der Waals surface area contributed by atoms with Gasteiger partial charge >= 0.3 is 0 Å². The van der Waals surface area contributed by atoms with Crippen molar-refractivity contribution < 1.29 is 0 Å². The van der Waals surface area contributed by atoms with Gasteiger partial charge in [-0.25, -0.2) is 0 Å². The average molecular weight is 377 g/mol. The first-order valence-corrected chi connectivity index (χ1v) is 9.58. The van der Waals surface area contributed by atoms with E-state index in [-0.39, 0.29) is 11.2 Å². The molecule has 25 heavy (non-hydrogen) atoms. The fourth-order valence-corrected chi connectivity index (χ4v) is 3.91. The Morgan fingerprint density at radius 2 is 2.08 bits per heavy atom. The highest BCUT2D eigenvalue weighted by molar-refractivity contribution is 7.99. The monoisotopic (exact) mass is 376 g/mol. The van der Waals surface area contributed by atoms with Gasteiger partial charge in [0.2, 0.25) is 11.9 Å². The number of rotatable bonds is 6. The number of anilines is 2. The maximum Gasteiger partial charge on any atom is 0.229 e. The zero-order chi connectivity index (χ0) is 18.0. The lowest BCUT2D eigenvalue weighted by atomic mass is 10.4. The molecule has 1 atom stereocenters. The van der Waals surface area contributed by atoms with E-state index < -0.39 is 0 Å². The summed E-state index contributed by atoms with van der Waals surface area (Å²) in [5, 5.41) is 11.6. The number of nitrogen functional groups attached to an aromatic ring is 1. The van der Waals surface area contributed by atoms with Crippen LogP contribution in [0.4, 0.5) is 11.9 Å². The summed E-state index contributed by atoms with van der Waals surface area (Å²) in [5.74, 6) is 2.28. The minimum atomic E-state index is -0.0327. The summed E-state index contributed by atoms with van der Waals surface area (Å²) in [4.78, 5) is 15.8. The van der Waals surface area contributed by atoms with Gasteiger partial charge in [0.1, 0.15) is 5.82 Å². The Bertz CT molecular complexity index is 843. The van der Waals surface area contributed by atoms with Crippen molar-refractivity contribution in [2.45, 2.75) is 30.8 Å². The van der Waals surface area contributed by atoms with E-state index in [0.29, 0.717) is 11.8 Å². The zero-order valence-corrected chi connectivity index (χ0v) is 16.2. The van der Waals surface area contributed by atoms with Crippen LogP contribution in [0.5, 0.6) is 0 Å². The number of aromatic nitrogens is 6. The highest BCUT2D eigenvalue weighted by Crippen LogP contribution is 2.35. The van der Waals surface area contributed by atoms with E-state index in [4.69, 9.17) is 5.73 Å². The van der Waals surface area contributed by atoms with E-state index in [9.17, 15) is 0 Å². The topological polar surface area (TPSA) is 98.6 Å². The molecule has 1 unspecified atom stereocenters. The first kappa shape index (κ1) is 17.6. The first-order chi connectivity index (χ1) is 12.0. The lowest BCUT2D eigenvalue weighted by molar-refractivity contribution is 0.685. The Morgan fingerprint density at radius 1 is 1.28 bits per heavy atom. The Morgan fingerprint density at radius 3 is 2.72 bits per heavy atom. The van der Waals surface area contributed by atoms with Gasteiger partial charge in [0.15, 0.2) is 11.0 Å². The van der Waals surface area contributed by atoms with Crippen LogP contribution in [0.1, 0.15) is 24.9 Å². The smallest absolute Gasteiger partial charge is 0.229 e. The number of nitrogens with zero attached hydrogens (tertiary/aromatic N) is 7. The van der Waals surface area contributed by atoms with Crippen LogP contribution in [-0.4, -0.2) is 43.8 Å². The molecule has 0 bridgehead atoms. The van der Waals surface area contributed by atoms with Gasteiger partial charge < -0.3 is 15.2 Å². The predicted molar refractivity (Wildman–Crippen MR) is 102 cm³/mol. The molecule has 0 saturated carbocycles. The summed E-state index contributed by atoms with van der Waals surface area (Å²) in [7, 11) is 3.74. The fraction of sp³-hybridized carbons (Fsp3) is 0.400. The van der Waals surface area contributed by atoms with Crippen LogP contribution >= 0.6 is 23.1 Å². The maximum atomic E-state index is 5.82. The number of hydrogen-bond acceptors (Lipinski definition) is 9. The van der Waals surface area contributed by atoms with Gasteiger partial charge in [0, 0.05) is 20.6 Å². The van der Waals surface area contributed by atoms with Crippen molar-refractivity contribution >= 4 is 35.0 Å². The standard InChI is InChI=1S/C15H20N8S2/c1-5-23-12(10-7-6-8-24-10)20-21-15(23)25-9(2)11-17-13(16)19-14(18-11)22(3)4/h6-9H,5H2,1-4H3,(H2,16,17,18,19). The van der Waals surface area contributed by atoms with E-state index in [1.165, 1.54) is 0 Å². The van der Waals surface area contributed by atoms with E-state index >= 15 is 0 Å². The van der Waals surface area contributed by atoms with Crippen molar-refractivity contribution in [3.05, 3.63) is 23.3 Å². The molecule has 2 N–H and O–H groups in total. The third-order valence-corrected chi connectivity index (χ3v) is 5.42. The SMILES string of the molecule is CCn1c(SC(C)c2nc(N)nc(N(C)C)n2)nnc1-c1cccs1. The molecule has 3 heterocycles. The molecule has 0 fully saturated rings. The second-order valence-electron chi connectivity index (χ2n) is 5.53. The Balaban J connectivity index is 1.88. The summed E-state index contributed by atoms with van der Waals surface area (Å²) in [6.45, 7) is 4.90. The van der Waals surface area contributed by atoms with Gasteiger partial charge in [0.05, 0.1) is 10.1 Å². The van der Waals surface area contributed by atoms with Crippen LogP contribution in [0.25, 0.3) is 10.7 Å². The molecule has 0 spiro atoms. The van der Waals surface area contributed by atoms with Crippen LogP contribution in [0.2, 0.25) is 0 Å². The number of thioether (sulfide) groups is 1. The average Bonchev–Trinajstić information content (AvgIpc) is 3.23. The third-order valence-electron chi connectivity index (χ3n) is 3.48. The number of hydrogen-bond donors (Lipinski definition) is 1. The Kier molecular flexibility index (Phi) is 5.19. The van der Waals surface area contributed by atoms with Gasteiger partial charge in [-0.15, -0.1) is 21.5 Å². The van der Waals surface area contributed by atoms with E-state index in [2.05, 4.69) is 42.7 Å². The van der Waals surface area contributed by atoms with Gasteiger partial charge in [0.25, 0.3) is 0 Å². The van der Waals surface area contributed by atoms with Crippen molar-refractivity contribution in [3.8, 4) is 10.7 Å². The summed E-state index contributed by atoms with van der Waals surface area (Å²) >= 11 is 3.22. The molecule has 8 nitrogen and oxygen atoms in total. The molecule has 0 saturated heterocycles. The molecule has 0 aliphatic rings. The van der Waals surface area contributed by atoms with Gasteiger partial charge in [-0.3, -0.25) is 0 Å². The van der Waals surface area contributed by atoms with Crippen LogP contribution < -0.4 is 10.6 Å². The quantitative estimate of drug-likeness (QED) is 0.656. The van der Waals surface area contributed by atoms with E-state index in [0.717, 1.165) is 22.4 Å². The molecule has 0 aliphatic heterocycles. The second-order valence-corrected chi connectivity index (χ2v) is 7.79. The molecule has 132 valence electrons. The molecule has 10 heteroatoms. The molecule has 0 aliphatic carbocycles. The maximum absolute atomic E-state index is 5.82. The summed E-state index contributed by atoms with van der Waals surface area (Å²) in [6, 6.07) is 4.06. The van der Waals surface area contributed by atoms with Crippen LogP contribution in [0, 0.1) is 0 Å². The van der Waals surface area contributed by atoms with Gasteiger partial charge in [-0.2, -0.15) is 15.0 Å².